The number of carbonyl (C=O) groups excluding carboxylic acids is 1. The van der Waals surface area contributed by atoms with Gasteiger partial charge in [-0.05, 0) is 39.2 Å². The molecule has 1 aliphatic rings. The van der Waals surface area contributed by atoms with E-state index in [0.29, 0.717) is 0 Å². The fraction of sp³-hybridized carbons (Fsp3) is 0.923. The molecular weight excluding hydrogens is 216 g/mol. The van der Waals surface area contributed by atoms with Crippen molar-refractivity contribution in [1.29, 1.82) is 0 Å². The summed E-state index contributed by atoms with van der Waals surface area (Å²) in [4.78, 5) is 12.0. The summed E-state index contributed by atoms with van der Waals surface area (Å²) < 4.78 is 0. The maximum atomic E-state index is 12.0. The minimum absolute atomic E-state index is 0.187. The van der Waals surface area contributed by atoms with Gasteiger partial charge in [0.1, 0.15) is 0 Å². The Kier molecular flexibility index (Phi) is 6.52. The van der Waals surface area contributed by atoms with Crippen LogP contribution in [0.3, 0.4) is 0 Å². The van der Waals surface area contributed by atoms with E-state index in [1.807, 2.05) is 6.92 Å². The van der Waals surface area contributed by atoms with Gasteiger partial charge in [-0.1, -0.05) is 12.8 Å². The number of hydrogen-bond acceptors (Lipinski definition) is 3. The Morgan fingerprint density at radius 2 is 2.12 bits per heavy atom. The van der Waals surface area contributed by atoms with Crippen LogP contribution in [0.1, 0.15) is 45.4 Å². The fourth-order valence-corrected chi connectivity index (χ4v) is 2.26. The Hall–Kier alpha value is -0.610. The molecular formula is C13H26N2O2. The van der Waals surface area contributed by atoms with Gasteiger partial charge in [0, 0.05) is 19.7 Å². The van der Waals surface area contributed by atoms with Crippen molar-refractivity contribution < 1.29 is 9.90 Å². The van der Waals surface area contributed by atoms with Crippen molar-refractivity contribution >= 4 is 5.91 Å². The average molecular weight is 242 g/mol. The number of hydrogen-bond donors (Lipinski definition) is 3. The van der Waals surface area contributed by atoms with E-state index in [-0.39, 0.29) is 17.9 Å². The number of aliphatic hydroxyl groups excluding tert-OH is 1. The molecule has 0 aliphatic carbocycles. The highest BCUT2D eigenvalue weighted by molar-refractivity contribution is 5.82. The van der Waals surface area contributed by atoms with E-state index in [9.17, 15) is 4.79 Å². The molecule has 1 atom stereocenters. The molecule has 1 heterocycles. The van der Waals surface area contributed by atoms with Crippen LogP contribution in [0.4, 0.5) is 0 Å². The lowest BCUT2D eigenvalue weighted by Gasteiger charge is -2.32. The molecule has 0 radical (unpaired) electrons. The summed E-state index contributed by atoms with van der Waals surface area (Å²) in [6.07, 6.45) is 6.07. The van der Waals surface area contributed by atoms with E-state index >= 15 is 0 Å². The molecule has 0 aromatic rings. The molecule has 1 aliphatic heterocycles. The Morgan fingerprint density at radius 3 is 2.76 bits per heavy atom. The SMILES string of the molecule is CC1(C(=O)NCCCCCCO)CCCNC1. The highest BCUT2D eigenvalue weighted by atomic mass is 16.2. The Bertz CT molecular complexity index is 225. The lowest BCUT2D eigenvalue weighted by Crippen LogP contribution is -2.48. The van der Waals surface area contributed by atoms with Crippen molar-refractivity contribution in [3.8, 4) is 0 Å². The van der Waals surface area contributed by atoms with Crippen molar-refractivity contribution in [3.05, 3.63) is 0 Å². The van der Waals surface area contributed by atoms with Gasteiger partial charge in [-0.15, -0.1) is 0 Å². The zero-order chi connectivity index (χ0) is 12.6. The standard InChI is InChI=1S/C13H26N2O2/c1-13(7-6-8-14-11-13)12(17)15-9-4-2-3-5-10-16/h14,16H,2-11H2,1H3,(H,15,17). The van der Waals surface area contributed by atoms with Crippen LogP contribution in [-0.4, -0.2) is 37.3 Å². The quantitative estimate of drug-likeness (QED) is 0.585. The van der Waals surface area contributed by atoms with Crippen molar-refractivity contribution in [2.45, 2.75) is 45.4 Å². The molecule has 0 bridgehead atoms. The molecule has 17 heavy (non-hydrogen) atoms. The minimum atomic E-state index is -0.219. The minimum Gasteiger partial charge on any atom is -0.396 e. The zero-order valence-corrected chi connectivity index (χ0v) is 10.9. The summed E-state index contributed by atoms with van der Waals surface area (Å²) in [7, 11) is 0. The number of unbranched alkanes of at least 4 members (excludes halogenated alkanes) is 3. The van der Waals surface area contributed by atoms with Crippen molar-refractivity contribution in [3.63, 3.8) is 0 Å². The predicted molar refractivity (Wildman–Crippen MR) is 68.8 cm³/mol. The van der Waals surface area contributed by atoms with E-state index in [1.165, 1.54) is 0 Å². The third-order valence-corrected chi connectivity index (χ3v) is 3.52. The van der Waals surface area contributed by atoms with E-state index in [2.05, 4.69) is 10.6 Å². The van der Waals surface area contributed by atoms with E-state index < -0.39 is 0 Å². The molecule has 0 saturated carbocycles. The number of aliphatic hydroxyl groups is 1. The van der Waals surface area contributed by atoms with Crippen LogP contribution in [0.2, 0.25) is 0 Å². The molecule has 1 fully saturated rings. The normalized spacial score (nSPS) is 24.6. The fourth-order valence-electron chi connectivity index (χ4n) is 2.26. The average Bonchev–Trinajstić information content (AvgIpc) is 2.34. The molecule has 1 amide bonds. The van der Waals surface area contributed by atoms with Crippen LogP contribution in [0.25, 0.3) is 0 Å². The van der Waals surface area contributed by atoms with Crippen molar-refractivity contribution in [2.75, 3.05) is 26.2 Å². The van der Waals surface area contributed by atoms with Crippen LogP contribution < -0.4 is 10.6 Å². The second kappa shape index (κ2) is 7.67. The zero-order valence-electron chi connectivity index (χ0n) is 10.9. The largest absolute Gasteiger partial charge is 0.396 e. The van der Waals surface area contributed by atoms with Gasteiger partial charge < -0.3 is 15.7 Å². The number of rotatable bonds is 7. The summed E-state index contributed by atoms with van der Waals surface area (Å²) in [5.74, 6) is 0.187. The lowest BCUT2D eigenvalue weighted by molar-refractivity contribution is -0.131. The second-order valence-corrected chi connectivity index (χ2v) is 5.23. The van der Waals surface area contributed by atoms with Crippen LogP contribution in [0.5, 0.6) is 0 Å². The third-order valence-electron chi connectivity index (χ3n) is 3.52. The smallest absolute Gasteiger partial charge is 0.227 e. The Labute approximate surface area is 104 Å². The monoisotopic (exact) mass is 242 g/mol. The number of amides is 1. The highest BCUT2D eigenvalue weighted by Crippen LogP contribution is 2.25. The summed E-state index contributed by atoms with van der Waals surface area (Å²) in [5, 5.41) is 15.0. The Morgan fingerprint density at radius 1 is 1.35 bits per heavy atom. The van der Waals surface area contributed by atoms with E-state index in [0.717, 1.165) is 58.2 Å². The number of carbonyl (C=O) groups is 1. The van der Waals surface area contributed by atoms with Crippen molar-refractivity contribution in [1.82, 2.24) is 10.6 Å². The van der Waals surface area contributed by atoms with Crippen molar-refractivity contribution in [2.24, 2.45) is 5.41 Å². The third kappa shape index (κ3) is 5.04. The first-order valence-corrected chi connectivity index (χ1v) is 6.79. The molecule has 4 nitrogen and oxygen atoms in total. The molecule has 0 spiro atoms. The molecule has 100 valence electrons. The van der Waals surface area contributed by atoms with Gasteiger partial charge in [0.15, 0.2) is 0 Å². The molecule has 1 rings (SSSR count). The van der Waals surface area contributed by atoms with Crippen LogP contribution in [0, 0.1) is 5.41 Å². The first-order chi connectivity index (χ1) is 8.19. The molecule has 1 saturated heterocycles. The first kappa shape index (κ1) is 14.5. The van der Waals surface area contributed by atoms with E-state index in [1.54, 1.807) is 0 Å². The van der Waals surface area contributed by atoms with Gasteiger partial charge in [0.05, 0.1) is 5.41 Å². The number of piperidine rings is 1. The molecule has 4 heteroatoms. The van der Waals surface area contributed by atoms with Gasteiger partial charge in [0.25, 0.3) is 0 Å². The molecule has 0 aromatic heterocycles. The lowest BCUT2D eigenvalue weighted by atomic mass is 9.82. The highest BCUT2D eigenvalue weighted by Gasteiger charge is 2.34. The molecule has 1 unspecified atom stereocenters. The predicted octanol–water partition coefficient (Wildman–Crippen LogP) is 1.04. The van der Waals surface area contributed by atoms with Gasteiger partial charge in [-0.25, -0.2) is 0 Å². The van der Waals surface area contributed by atoms with Crippen LogP contribution in [0.15, 0.2) is 0 Å². The second-order valence-electron chi connectivity index (χ2n) is 5.23. The Balaban J connectivity index is 2.11. The van der Waals surface area contributed by atoms with Crippen LogP contribution in [-0.2, 0) is 4.79 Å². The molecule has 0 aromatic carbocycles. The van der Waals surface area contributed by atoms with Gasteiger partial charge in [-0.2, -0.15) is 0 Å². The van der Waals surface area contributed by atoms with Gasteiger partial charge in [-0.3, -0.25) is 4.79 Å². The first-order valence-electron chi connectivity index (χ1n) is 6.79. The summed E-state index contributed by atoms with van der Waals surface area (Å²) >= 11 is 0. The van der Waals surface area contributed by atoms with E-state index in [4.69, 9.17) is 5.11 Å². The maximum absolute atomic E-state index is 12.0. The summed E-state index contributed by atoms with van der Waals surface area (Å²) in [6, 6.07) is 0. The summed E-state index contributed by atoms with van der Waals surface area (Å²) in [5.41, 5.74) is -0.219. The van der Waals surface area contributed by atoms with Crippen LogP contribution >= 0.6 is 0 Å². The molecule has 3 N–H and O–H groups in total. The topological polar surface area (TPSA) is 61.4 Å². The maximum Gasteiger partial charge on any atom is 0.227 e. The van der Waals surface area contributed by atoms with Gasteiger partial charge >= 0.3 is 0 Å². The summed E-state index contributed by atoms with van der Waals surface area (Å²) in [6.45, 7) is 4.91. The van der Waals surface area contributed by atoms with Gasteiger partial charge in [0.2, 0.25) is 5.91 Å². The number of nitrogens with one attached hydrogen (secondary N) is 2.